The SMILES string of the molecule is CC(=O)N1CCN(C(=O)c2ccsc2)[C@H](c2ccccc2)C1. The van der Waals surface area contributed by atoms with Crippen LogP contribution in [0.25, 0.3) is 0 Å². The van der Waals surface area contributed by atoms with Crippen molar-refractivity contribution in [1.82, 2.24) is 9.80 Å². The third-order valence-corrected chi connectivity index (χ3v) is 4.72. The lowest BCUT2D eigenvalue weighted by atomic mass is 10.0. The summed E-state index contributed by atoms with van der Waals surface area (Å²) in [5.41, 5.74) is 1.79. The highest BCUT2D eigenvalue weighted by atomic mass is 32.1. The van der Waals surface area contributed by atoms with Crippen molar-refractivity contribution in [1.29, 1.82) is 0 Å². The quantitative estimate of drug-likeness (QED) is 0.855. The van der Waals surface area contributed by atoms with Crippen LogP contribution >= 0.6 is 11.3 Å². The van der Waals surface area contributed by atoms with Crippen LogP contribution in [0.3, 0.4) is 0 Å². The van der Waals surface area contributed by atoms with Crippen LogP contribution in [0, 0.1) is 0 Å². The lowest BCUT2D eigenvalue weighted by Crippen LogP contribution is -2.51. The van der Waals surface area contributed by atoms with Crippen molar-refractivity contribution in [2.24, 2.45) is 0 Å². The average molecular weight is 314 g/mol. The summed E-state index contributed by atoms with van der Waals surface area (Å²) >= 11 is 1.52. The molecule has 5 heteroatoms. The molecule has 0 bridgehead atoms. The van der Waals surface area contributed by atoms with E-state index >= 15 is 0 Å². The Morgan fingerprint density at radius 3 is 2.55 bits per heavy atom. The Bertz CT molecular complexity index is 655. The van der Waals surface area contributed by atoms with Crippen molar-refractivity contribution in [2.45, 2.75) is 13.0 Å². The van der Waals surface area contributed by atoms with Crippen LogP contribution in [0.15, 0.2) is 47.2 Å². The molecular formula is C17H18N2O2S. The van der Waals surface area contributed by atoms with Gasteiger partial charge >= 0.3 is 0 Å². The minimum atomic E-state index is -0.0914. The summed E-state index contributed by atoms with van der Waals surface area (Å²) in [7, 11) is 0. The van der Waals surface area contributed by atoms with Gasteiger partial charge in [-0.2, -0.15) is 11.3 Å². The van der Waals surface area contributed by atoms with E-state index in [1.807, 2.05) is 57.0 Å². The molecule has 114 valence electrons. The summed E-state index contributed by atoms with van der Waals surface area (Å²) in [6.07, 6.45) is 0. The molecule has 3 rings (SSSR count). The fraction of sp³-hybridized carbons (Fsp3) is 0.294. The number of rotatable bonds is 2. The molecule has 4 nitrogen and oxygen atoms in total. The van der Waals surface area contributed by atoms with Gasteiger partial charge in [0.15, 0.2) is 0 Å². The van der Waals surface area contributed by atoms with Crippen LogP contribution < -0.4 is 0 Å². The maximum atomic E-state index is 12.8. The summed E-state index contributed by atoms with van der Waals surface area (Å²) in [4.78, 5) is 28.2. The van der Waals surface area contributed by atoms with E-state index in [-0.39, 0.29) is 17.9 Å². The first-order chi connectivity index (χ1) is 10.7. The molecule has 1 saturated heterocycles. The molecular weight excluding hydrogens is 296 g/mol. The first-order valence-corrected chi connectivity index (χ1v) is 8.24. The van der Waals surface area contributed by atoms with Gasteiger partial charge in [-0.1, -0.05) is 30.3 Å². The standard InChI is InChI=1S/C17H18N2O2S/c1-13(20)18-8-9-19(17(21)15-7-10-22-12-15)16(11-18)14-5-3-2-4-6-14/h2-7,10,12,16H,8-9,11H2,1H3/t16-/m0/s1. The molecule has 0 aliphatic carbocycles. The van der Waals surface area contributed by atoms with E-state index in [9.17, 15) is 9.59 Å². The lowest BCUT2D eigenvalue weighted by Gasteiger charge is -2.41. The maximum absolute atomic E-state index is 12.8. The van der Waals surface area contributed by atoms with Gasteiger partial charge < -0.3 is 9.80 Å². The molecule has 1 aliphatic heterocycles. The highest BCUT2D eigenvalue weighted by Crippen LogP contribution is 2.27. The van der Waals surface area contributed by atoms with Gasteiger partial charge in [-0.15, -0.1) is 0 Å². The predicted octanol–water partition coefficient (Wildman–Crippen LogP) is 2.79. The highest BCUT2D eigenvalue weighted by molar-refractivity contribution is 7.08. The van der Waals surface area contributed by atoms with Gasteiger partial charge in [0.1, 0.15) is 0 Å². The van der Waals surface area contributed by atoms with Crippen molar-refractivity contribution >= 4 is 23.2 Å². The molecule has 2 heterocycles. The van der Waals surface area contributed by atoms with Gasteiger partial charge in [-0.05, 0) is 17.0 Å². The minimum Gasteiger partial charge on any atom is -0.339 e. The number of nitrogens with zero attached hydrogens (tertiary/aromatic N) is 2. The topological polar surface area (TPSA) is 40.6 Å². The fourth-order valence-electron chi connectivity index (χ4n) is 2.82. The van der Waals surface area contributed by atoms with Crippen molar-refractivity contribution in [2.75, 3.05) is 19.6 Å². The van der Waals surface area contributed by atoms with E-state index in [4.69, 9.17) is 0 Å². The molecule has 1 atom stereocenters. The lowest BCUT2D eigenvalue weighted by molar-refractivity contribution is -0.131. The summed E-state index contributed by atoms with van der Waals surface area (Å²) in [6.45, 7) is 3.29. The average Bonchev–Trinajstić information content (AvgIpc) is 3.09. The smallest absolute Gasteiger partial charge is 0.255 e. The van der Waals surface area contributed by atoms with Gasteiger partial charge in [0, 0.05) is 31.9 Å². The van der Waals surface area contributed by atoms with Crippen LogP contribution in [0.4, 0.5) is 0 Å². The van der Waals surface area contributed by atoms with E-state index in [1.165, 1.54) is 11.3 Å². The van der Waals surface area contributed by atoms with Gasteiger partial charge in [-0.3, -0.25) is 9.59 Å². The zero-order valence-electron chi connectivity index (χ0n) is 12.4. The minimum absolute atomic E-state index is 0.0401. The van der Waals surface area contributed by atoms with Crippen LogP contribution in [-0.2, 0) is 4.79 Å². The van der Waals surface area contributed by atoms with Crippen molar-refractivity contribution in [3.8, 4) is 0 Å². The van der Waals surface area contributed by atoms with Gasteiger partial charge in [0.25, 0.3) is 5.91 Å². The Morgan fingerprint density at radius 2 is 1.91 bits per heavy atom. The number of carbonyl (C=O) groups excluding carboxylic acids is 2. The third kappa shape index (κ3) is 2.90. The van der Waals surface area contributed by atoms with Crippen molar-refractivity contribution in [3.63, 3.8) is 0 Å². The van der Waals surface area contributed by atoms with Crippen molar-refractivity contribution < 1.29 is 9.59 Å². The first kappa shape index (κ1) is 14.8. The molecule has 0 spiro atoms. The third-order valence-electron chi connectivity index (χ3n) is 4.04. The van der Waals surface area contributed by atoms with E-state index in [0.717, 1.165) is 11.1 Å². The molecule has 1 aromatic heterocycles. The van der Waals surface area contributed by atoms with Crippen LogP contribution in [0.2, 0.25) is 0 Å². The molecule has 0 saturated carbocycles. The second-order valence-electron chi connectivity index (χ2n) is 5.40. The predicted molar refractivity (Wildman–Crippen MR) is 86.8 cm³/mol. The van der Waals surface area contributed by atoms with E-state index in [2.05, 4.69) is 0 Å². The largest absolute Gasteiger partial charge is 0.339 e. The Labute approximate surface area is 134 Å². The summed E-state index contributed by atoms with van der Waals surface area (Å²) in [5.74, 6) is 0.0990. The number of hydrogen-bond acceptors (Lipinski definition) is 3. The second-order valence-corrected chi connectivity index (χ2v) is 6.18. The molecule has 22 heavy (non-hydrogen) atoms. The summed E-state index contributed by atoms with van der Waals surface area (Å²) in [5, 5.41) is 3.79. The summed E-state index contributed by atoms with van der Waals surface area (Å²) < 4.78 is 0. The Morgan fingerprint density at radius 1 is 1.14 bits per heavy atom. The molecule has 0 N–H and O–H groups in total. The number of piperazine rings is 1. The molecule has 2 aromatic rings. The number of carbonyl (C=O) groups is 2. The van der Waals surface area contributed by atoms with E-state index in [0.29, 0.717) is 19.6 Å². The Hall–Kier alpha value is -2.14. The normalized spacial score (nSPS) is 18.3. The number of amides is 2. The first-order valence-electron chi connectivity index (χ1n) is 7.30. The number of hydrogen-bond donors (Lipinski definition) is 0. The Kier molecular flexibility index (Phi) is 4.24. The molecule has 1 fully saturated rings. The zero-order valence-corrected chi connectivity index (χ0v) is 13.3. The van der Waals surface area contributed by atoms with Crippen LogP contribution in [0.5, 0.6) is 0 Å². The summed E-state index contributed by atoms with van der Waals surface area (Å²) in [6, 6.07) is 11.7. The second kappa shape index (κ2) is 6.32. The molecule has 0 unspecified atom stereocenters. The van der Waals surface area contributed by atoms with Crippen LogP contribution in [0.1, 0.15) is 28.9 Å². The monoisotopic (exact) mass is 314 g/mol. The van der Waals surface area contributed by atoms with Gasteiger partial charge in [0.2, 0.25) is 5.91 Å². The van der Waals surface area contributed by atoms with E-state index < -0.39 is 0 Å². The number of benzene rings is 1. The fourth-order valence-corrected chi connectivity index (χ4v) is 3.45. The molecule has 0 radical (unpaired) electrons. The van der Waals surface area contributed by atoms with Gasteiger partial charge in [-0.25, -0.2) is 0 Å². The molecule has 2 amide bonds. The highest BCUT2D eigenvalue weighted by Gasteiger charge is 2.32. The van der Waals surface area contributed by atoms with Crippen LogP contribution in [-0.4, -0.2) is 41.2 Å². The van der Waals surface area contributed by atoms with Crippen molar-refractivity contribution in [3.05, 3.63) is 58.3 Å². The number of thiophene rings is 1. The molecule has 1 aliphatic rings. The molecule has 1 aromatic carbocycles. The zero-order chi connectivity index (χ0) is 15.5. The van der Waals surface area contributed by atoms with E-state index in [1.54, 1.807) is 6.92 Å². The Balaban J connectivity index is 1.90. The maximum Gasteiger partial charge on any atom is 0.255 e. The van der Waals surface area contributed by atoms with Gasteiger partial charge in [0.05, 0.1) is 11.6 Å².